The quantitative estimate of drug-likeness (QED) is 0.843. The van der Waals surface area contributed by atoms with Crippen LogP contribution in [-0.2, 0) is 20.7 Å². The molecule has 3 aliphatic heterocycles. The fraction of sp³-hybridized carbons (Fsp3) is 0.611. The third-order valence-electron chi connectivity index (χ3n) is 4.99. The van der Waals surface area contributed by atoms with Crippen LogP contribution < -0.4 is 9.47 Å². The molecule has 0 atom stereocenters. The molecule has 0 N–H and O–H groups in total. The molecule has 1 aromatic carbocycles. The topological polar surface area (TPSA) is 57.2 Å². The molecular weight excluding hydrogens is 310 g/mol. The number of hydrogen-bond donors (Lipinski definition) is 0. The van der Waals surface area contributed by atoms with Gasteiger partial charge in [0.2, 0.25) is 12.7 Å². The van der Waals surface area contributed by atoms with Crippen molar-refractivity contribution in [1.82, 2.24) is 4.90 Å². The van der Waals surface area contributed by atoms with Crippen LogP contribution in [0.15, 0.2) is 18.2 Å². The number of carbonyl (C=O) groups excluding carboxylic acids is 1. The van der Waals surface area contributed by atoms with Crippen molar-refractivity contribution >= 4 is 5.91 Å². The highest BCUT2D eigenvalue weighted by Crippen LogP contribution is 2.33. The molecule has 0 aliphatic carbocycles. The third kappa shape index (κ3) is 3.35. The highest BCUT2D eigenvalue weighted by Gasteiger charge is 2.31. The minimum Gasteiger partial charge on any atom is -0.454 e. The molecular formula is C18H23NO5. The van der Waals surface area contributed by atoms with Crippen LogP contribution in [0.3, 0.4) is 0 Å². The van der Waals surface area contributed by atoms with E-state index in [4.69, 9.17) is 18.9 Å². The molecule has 6 nitrogen and oxygen atoms in total. The Kier molecular flexibility index (Phi) is 4.58. The predicted molar refractivity (Wildman–Crippen MR) is 85.9 cm³/mol. The summed E-state index contributed by atoms with van der Waals surface area (Å²) in [7, 11) is 0. The molecule has 0 spiro atoms. The van der Waals surface area contributed by atoms with Crippen LogP contribution in [0.25, 0.3) is 0 Å². The molecule has 1 aromatic rings. The molecule has 0 radical (unpaired) electrons. The number of benzene rings is 1. The van der Waals surface area contributed by atoms with Gasteiger partial charge in [-0.2, -0.15) is 0 Å². The molecule has 130 valence electrons. The molecule has 1 amide bonds. The summed E-state index contributed by atoms with van der Waals surface area (Å²) in [5.74, 6) is 2.20. The van der Waals surface area contributed by atoms with Crippen molar-refractivity contribution in [3.8, 4) is 11.5 Å². The van der Waals surface area contributed by atoms with Gasteiger partial charge in [-0.15, -0.1) is 0 Å². The van der Waals surface area contributed by atoms with Crippen molar-refractivity contribution < 1.29 is 23.7 Å². The number of nitrogens with zero attached hydrogens (tertiary/aromatic N) is 1. The van der Waals surface area contributed by atoms with Crippen LogP contribution in [0.2, 0.25) is 0 Å². The van der Waals surface area contributed by atoms with Gasteiger partial charge in [0.15, 0.2) is 17.8 Å². The lowest BCUT2D eigenvalue weighted by atomic mass is 9.95. The lowest BCUT2D eigenvalue weighted by molar-refractivity contribution is -0.136. The maximum atomic E-state index is 12.4. The maximum Gasteiger partial charge on any atom is 0.231 e. The summed E-state index contributed by atoms with van der Waals surface area (Å²) in [5, 5.41) is 0. The molecule has 0 bridgehead atoms. The summed E-state index contributed by atoms with van der Waals surface area (Å²) in [5.41, 5.74) is 1.11. The van der Waals surface area contributed by atoms with E-state index in [9.17, 15) is 4.79 Å². The first-order chi connectivity index (χ1) is 11.8. The van der Waals surface area contributed by atoms with Gasteiger partial charge in [0.1, 0.15) is 0 Å². The smallest absolute Gasteiger partial charge is 0.231 e. The highest BCUT2D eigenvalue weighted by molar-refractivity contribution is 5.76. The van der Waals surface area contributed by atoms with Crippen LogP contribution in [0.1, 0.15) is 24.8 Å². The van der Waals surface area contributed by atoms with Gasteiger partial charge in [0, 0.05) is 25.4 Å². The zero-order chi connectivity index (χ0) is 16.4. The monoisotopic (exact) mass is 333 g/mol. The first-order valence-corrected chi connectivity index (χ1v) is 8.69. The number of rotatable bonds is 4. The van der Waals surface area contributed by atoms with Gasteiger partial charge in [0.05, 0.1) is 13.2 Å². The molecule has 2 fully saturated rings. The van der Waals surface area contributed by atoms with E-state index < -0.39 is 0 Å². The summed E-state index contributed by atoms with van der Waals surface area (Å²) < 4.78 is 21.9. The number of amides is 1. The Morgan fingerprint density at radius 1 is 1.08 bits per heavy atom. The standard InChI is InChI=1S/C18H23NO5/c20-17(4-2-13-1-3-15-16(11-13)24-12-23-15)19-7-5-14(6-8-19)18-21-9-10-22-18/h1,3,11,14,18H,2,4-10,12H2. The number of piperidine rings is 1. The average molecular weight is 333 g/mol. The minimum atomic E-state index is -0.0594. The van der Waals surface area contributed by atoms with Gasteiger partial charge >= 0.3 is 0 Å². The number of hydrogen-bond acceptors (Lipinski definition) is 5. The number of aryl methyl sites for hydroxylation is 1. The van der Waals surface area contributed by atoms with Crippen molar-refractivity contribution in [1.29, 1.82) is 0 Å². The van der Waals surface area contributed by atoms with Gasteiger partial charge in [-0.05, 0) is 37.0 Å². The van der Waals surface area contributed by atoms with Gasteiger partial charge < -0.3 is 23.8 Å². The normalized spacial score (nSPS) is 21.4. The SMILES string of the molecule is O=C(CCc1ccc2c(c1)OCO2)N1CCC(C2OCCO2)CC1. The molecule has 0 unspecified atom stereocenters. The van der Waals surface area contributed by atoms with E-state index in [1.165, 1.54) is 0 Å². The highest BCUT2D eigenvalue weighted by atomic mass is 16.7. The Labute approximate surface area is 141 Å². The predicted octanol–water partition coefficient (Wildman–Crippen LogP) is 1.96. The Morgan fingerprint density at radius 2 is 1.83 bits per heavy atom. The summed E-state index contributed by atoms with van der Waals surface area (Å²) in [6, 6.07) is 5.88. The van der Waals surface area contributed by atoms with E-state index in [1.807, 2.05) is 23.1 Å². The molecule has 4 rings (SSSR count). The lowest BCUT2D eigenvalue weighted by Crippen LogP contribution is -2.41. The maximum absolute atomic E-state index is 12.4. The van der Waals surface area contributed by atoms with Crippen molar-refractivity contribution in [3.63, 3.8) is 0 Å². The third-order valence-corrected chi connectivity index (χ3v) is 4.99. The zero-order valence-corrected chi connectivity index (χ0v) is 13.7. The van der Waals surface area contributed by atoms with Crippen molar-refractivity contribution in [2.45, 2.75) is 32.0 Å². The Hall–Kier alpha value is -1.79. The van der Waals surface area contributed by atoms with E-state index in [0.717, 1.165) is 49.4 Å². The number of carbonyl (C=O) groups is 1. The van der Waals surface area contributed by atoms with E-state index in [2.05, 4.69) is 0 Å². The Morgan fingerprint density at radius 3 is 2.62 bits per heavy atom. The molecule has 2 saturated heterocycles. The fourth-order valence-electron chi connectivity index (χ4n) is 3.58. The molecule has 24 heavy (non-hydrogen) atoms. The van der Waals surface area contributed by atoms with Crippen LogP contribution in [0, 0.1) is 5.92 Å². The van der Waals surface area contributed by atoms with Gasteiger partial charge in [-0.25, -0.2) is 0 Å². The molecule has 3 heterocycles. The Bertz CT molecular complexity index is 591. The lowest BCUT2D eigenvalue weighted by Gasteiger charge is -2.34. The molecule has 0 saturated carbocycles. The van der Waals surface area contributed by atoms with Crippen LogP contribution >= 0.6 is 0 Å². The van der Waals surface area contributed by atoms with E-state index in [1.54, 1.807) is 0 Å². The second-order valence-corrected chi connectivity index (χ2v) is 6.52. The second kappa shape index (κ2) is 6.99. The van der Waals surface area contributed by atoms with E-state index in [-0.39, 0.29) is 19.0 Å². The van der Waals surface area contributed by atoms with E-state index in [0.29, 0.717) is 25.6 Å². The van der Waals surface area contributed by atoms with Gasteiger partial charge in [0.25, 0.3) is 0 Å². The summed E-state index contributed by atoms with van der Waals surface area (Å²) >= 11 is 0. The zero-order valence-electron chi connectivity index (χ0n) is 13.7. The number of likely N-dealkylation sites (tertiary alicyclic amines) is 1. The Balaban J connectivity index is 1.25. The van der Waals surface area contributed by atoms with Crippen molar-refractivity contribution in [2.24, 2.45) is 5.92 Å². The first kappa shape index (κ1) is 15.7. The van der Waals surface area contributed by atoms with Gasteiger partial charge in [-0.3, -0.25) is 4.79 Å². The van der Waals surface area contributed by atoms with Crippen molar-refractivity contribution in [2.75, 3.05) is 33.1 Å². The summed E-state index contributed by atoms with van der Waals surface area (Å²) in [6.45, 7) is 3.27. The summed E-state index contributed by atoms with van der Waals surface area (Å²) in [4.78, 5) is 14.4. The van der Waals surface area contributed by atoms with Gasteiger partial charge in [-0.1, -0.05) is 6.07 Å². The number of ether oxygens (including phenoxy) is 4. The summed E-state index contributed by atoms with van der Waals surface area (Å²) in [6.07, 6.45) is 3.11. The molecule has 3 aliphatic rings. The van der Waals surface area contributed by atoms with E-state index >= 15 is 0 Å². The minimum absolute atomic E-state index is 0.0594. The average Bonchev–Trinajstić information content (AvgIpc) is 3.31. The molecule has 6 heteroatoms. The van der Waals surface area contributed by atoms with Crippen molar-refractivity contribution in [3.05, 3.63) is 23.8 Å². The fourth-order valence-corrected chi connectivity index (χ4v) is 3.58. The largest absolute Gasteiger partial charge is 0.454 e. The first-order valence-electron chi connectivity index (χ1n) is 8.69. The van der Waals surface area contributed by atoms with Crippen LogP contribution in [0.5, 0.6) is 11.5 Å². The number of fused-ring (bicyclic) bond motifs is 1. The van der Waals surface area contributed by atoms with Crippen LogP contribution in [0.4, 0.5) is 0 Å². The molecule has 0 aromatic heterocycles. The second-order valence-electron chi connectivity index (χ2n) is 6.52. The van der Waals surface area contributed by atoms with Crippen LogP contribution in [-0.4, -0.2) is 50.2 Å².